The van der Waals surface area contributed by atoms with Crippen LogP contribution >= 0.6 is 15.9 Å². The third kappa shape index (κ3) is 3.12. The van der Waals surface area contributed by atoms with Crippen molar-refractivity contribution in [3.63, 3.8) is 0 Å². The molecule has 1 aliphatic carbocycles. The van der Waals surface area contributed by atoms with Crippen LogP contribution in [0.3, 0.4) is 0 Å². The van der Waals surface area contributed by atoms with E-state index >= 15 is 0 Å². The maximum absolute atomic E-state index is 10.7. The molecule has 1 aromatic rings. The largest absolute Gasteiger partial charge is 0.480 e. The Balaban J connectivity index is 2.11. The van der Waals surface area contributed by atoms with Crippen LogP contribution in [0.25, 0.3) is 0 Å². The average molecular weight is 312 g/mol. The Morgan fingerprint density at radius 1 is 1.44 bits per heavy atom. The van der Waals surface area contributed by atoms with E-state index in [0.29, 0.717) is 12.3 Å². The normalized spacial score (nSPS) is 17.9. The molecule has 2 rings (SSSR count). The monoisotopic (exact) mass is 311 g/mol. The lowest BCUT2D eigenvalue weighted by molar-refractivity contribution is -0.138. The highest BCUT2D eigenvalue weighted by Crippen LogP contribution is 2.37. The van der Waals surface area contributed by atoms with Crippen molar-refractivity contribution >= 4 is 21.9 Å². The number of hydrogen-bond donors (Lipinski definition) is 2. The molecule has 1 saturated carbocycles. The smallest absolute Gasteiger partial charge is 0.320 e. The van der Waals surface area contributed by atoms with E-state index in [1.807, 2.05) is 12.1 Å². The zero-order valence-corrected chi connectivity index (χ0v) is 11.8. The summed E-state index contributed by atoms with van der Waals surface area (Å²) in [6, 6.07) is 5.30. The Morgan fingerprint density at radius 3 is 2.67 bits per heavy atom. The van der Waals surface area contributed by atoms with Crippen LogP contribution in [0.15, 0.2) is 22.7 Å². The van der Waals surface area contributed by atoms with Gasteiger partial charge in [-0.05, 0) is 42.4 Å². The quantitative estimate of drug-likeness (QED) is 0.898. The number of benzene rings is 1. The first-order chi connectivity index (χ1) is 8.58. The van der Waals surface area contributed by atoms with E-state index < -0.39 is 12.0 Å². The molecule has 0 saturated heterocycles. The highest BCUT2D eigenvalue weighted by molar-refractivity contribution is 9.10. The molecule has 0 aliphatic heterocycles. The molecule has 0 bridgehead atoms. The third-order valence-corrected chi connectivity index (χ3v) is 4.32. The second kappa shape index (κ2) is 5.85. The van der Waals surface area contributed by atoms with E-state index in [2.05, 4.69) is 22.0 Å². The lowest BCUT2D eigenvalue weighted by Crippen LogP contribution is -2.32. The van der Waals surface area contributed by atoms with Crippen molar-refractivity contribution in [2.45, 2.75) is 44.1 Å². The van der Waals surface area contributed by atoms with Gasteiger partial charge in [0.2, 0.25) is 0 Å². The molecular weight excluding hydrogens is 294 g/mol. The molecule has 0 amide bonds. The standard InChI is InChI=1S/C14H18BrNO2/c15-12-7-9(8-13(16)14(17)18)5-6-11(12)10-3-1-2-4-10/h5-7,10,13H,1-4,8,16H2,(H,17,18). The number of halogens is 1. The van der Waals surface area contributed by atoms with Crippen molar-refractivity contribution < 1.29 is 9.90 Å². The number of carboxylic acid groups (broad SMARTS) is 1. The van der Waals surface area contributed by atoms with Crippen molar-refractivity contribution in [1.29, 1.82) is 0 Å². The van der Waals surface area contributed by atoms with Crippen LogP contribution in [0.2, 0.25) is 0 Å². The second-order valence-electron chi connectivity index (χ2n) is 4.99. The molecule has 1 unspecified atom stereocenters. The SMILES string of the molecule is NC(Cc1ccc(C2CCCC2)c(Br)c1)C(=O)O. The van der Waals surface area contributed by atoms with E-state index in [-0.39, 0.29) is 0 Å². The van der Waals surface area contributed by atoms with Gasteiger partial charge < -0.3 is 10.8 Å². The Morgan fingerprint density at radius 2 is 2.11 bits per heavy atom. The maximum Gasteiger partial charge on any atom is 0.320 e. The van der Waals surface area contributed by atoms with Crippen LogP contribution < -0.4 is 5.73 Å². The van der Waals surface area contributed by atoms with Gasteiger partial charge in [-0.25, -0.2) is 0 Å². The number of rotatable bonds is 4. The van der Waals surface area contributed by atoms with Gasteiger partial charge in [-0.15, -0.1) is 0 Å². The fourth-order valence-electron chi connectivity index (χ4n) is 2.61. The van der Waals surface area contributed by atoms with E-state index in [1.54, 1.807) is 0 Å². The summed E-state index contributed by atoms with van der Waals surface area (Å²) < 4.78 is 1.09. The van der Waals surface area contributed by atoms with Gasteiger partial charge in [0.05, 0.1) is 0 Å². The molecule has 0 aromatic heterocycles. The lowest BCUT2D eigenvalue weighted by atomic mass is 9.95. The summed E-state index contributed by atoms with van der Waals surface area (Å²) in [4.78, 5) is 10.7. The Kier molecular flexibility index (Phi) is 4.40. The molecule has 0 heterocycles. The van der Waals surface area contributed by atoms with Gasteiger partial charge in [0.15, 0.2) is 0 Å². The fourth-order valence-corrected chi connectivity index (χ4v) is 3.36. The Bertz CT molecular complexity index is 441. The molecule has 1 aliphatic rings. The van der Waals surface area contributed by atoms with Crippen molar-refractivity contribution in [1.82, 2.24) is 0 Å². The molecular formula is C14H18BrNO2. The maximum atomic E-state index is 10.7. The number of nitrogens with two attached hydrogens (primary N) is 1. The third-order valence-electron chi connectivity index (χ3n) is 3.63. The predicted molar refractivity (Wildman–Crippen MR) is 74.7 cm³/mol. The molecule has 1 fully saturated rings. The Hall–Kier alpha value is -0.870. The first kappa shape index (κ1) is 13.6. The summed E-state index contributed by atoms with van der Waals surface area (Å²) in [7, 11) is 0. The molecule has 1 atom stereocenters. The highest BCUT2D eigenvalue weighted by atomic mass is 79.9. The van der Waals surface area contributed by atoms with E-state index in [4.69, 9.17) is 10.8 Å². The molecule has 0 radical (unpaired) electrons. The van der Waals surface area contributed by atoms with E-state index in [9.17, 15) is 4.79 Å². The average Bonchev–Trinajstić information content (AvgIpc) is 2.82. The number of hydrogen-bond acceptors (Lipinski definition) is 2. The summed E-state index contributed by atoms with van der Waals surface area (Å²) in [6.07, 6.45) is 5.50. The summed E-state index contributed by atoms with van der Waals surface area (Å²) >= 11 is 3.60. The number of aliphatic carboxylic acids is 1. The summed E-state index contributed by atoms with van der Waals surface area (Å²) in [5.41, 5.74) is 7.86. The minimum absolute atomic E-state index is 0.374. The molecule has 98 valence electrons. The van der Waals surface area contributed by atoms with Crippen LogP contribution in [0.4, 0.5) is 0 Å². The molecule has 0 spiro atoms. The van der Waals surface area contributed by atoms with Crippen molar-refractivity contribution in [3.8, 4) is 0 Å². The van der Waals surface area contributed by atoms with Crippen molar-refractivity contribution in [2.75, 3.05) is 0 Å². The minimum atomic E-state index is -0.953. The minimum Gasteiger partial charge on any atom is -0.480 e. The zero-order chi connectivity index (χ0) is 13.1. The summed E-state index contributed by atoms with van der Waals surface area (Å²) in [5.74, 6) is -0.299. The first-order valence-corrected chi connectivity index (χ1v) is 7.14. The van der Waals surface area contributed by atoms with Gasteiger partial charge in [-0.1, -0.05) is 40.9 Å². The van der Waals surface area contributed by atoms with Gasteiger partial charge in [-0.2, -0.15) is 0 Å². The van der Waals surface area contributed by atoms with E-state index in [0.717, 1.165) is 10.0 Å². The lowest BCUT2D eigenvalue weighted by Gasteiger charge is -2.14. The van der Waals surface area contributed by atoms with Gasteiger partial charge in [-0.3, -0.25) is 4.79 Å². The Labute approximate surface area is 116 Å². The highest BCUT2D eigenvalue weighted by Gasteiger charge is 2.20. The van der Waals surface area contributed by atoms with Crippen LogP contribution in [-0.4, -0.2) is 17.1 Å². The van der Waals surface area contributed by atoms with Crippen molar-refractivity contribution in [2.24, 2.45) is 5.73 Å². The van der Waals surface area contributed by atoms with Gasteiger partial charge in [0.25, 0.3) is 0 Å². The number of carboxylic acids is 1. The van der Waals surface area contributed by atoms with Crippen LogP contribution in [-0.2, 0) is 11.2 Å². The second-order valence-corrected chi connectivity index (χ2v) is 5.84. The molecule has 3 N–H and O–H groups in total. The topological polar surface area (TPSA) is 63.3 Å². The van der Waals surface area contributed by atoms with Crippen LogP contribution in [0.5, 0.6) is 0 Å². The van der Waals surface area contributed by atoms with Crippen LogP contribution in [0.1, 0.15) is 42.7 Å². The summed E-state index contributed by atoms with van der Waals surface area (Å²) in [5, 5.41) is 8.80. The van der Waals surface area contributed by atoms with Gasteiger partial charge in [0.1, 0.15) is 6.04 Å². The molecule has 18 heavy (non-hydrogen) atoms. The van der Waals surface area contributed by atoms with E-state index in [1.165, 1.54) is 31.2 Å². The fraction of sp³-hybridized carbons (Fsp3) is 0.500. The number of carbonyl (C=O) groups is 1. The van der Waals surface area contributed by atoms with Crippen molar-refractivity contribution in [3.05, 3.63) is 33.8 Å². The van der Waals surface area contributed by atoms with Gasteiger partial charge in [0, 0.05) is 4.47 Å². The molecule has 4 heteroatoms. The molecule has 3 nitrogen and oxygen atoms in total. The van der Waals surface area contributed by atoms with Gasteiger partial charge >= 0.3 is 5.97 Å². The zero-order valence-electron chi connectivity index (χ0n) is 10.2. The van der Waals surface area contributed by atoms with Crippen LogP contribution in [0, 0.1) is 0 Å². The molecule has 1 aromatic carbocycles. The first-order valence-electron chi connectivity index (χ1n) is 6.34. The summed E-state index contributed by atoms with van der Waals surface area (Å²) in [6.45, 7) is 0. The predicted octanol–water partition coefficient (Wildman–Crippen LogP) is 3.06.